The standard InChI is InChI=1S/C10H11O3/c1-7-5-9(3-4-10(7)12)13-6-8(2)11/h3-5H,6H2,1-2H3. The first-order valence-corrected chi connectivity index (χ1v) is 3.99. The van der Waals surface area contributed by atoms with Crippen LogP contribution in [0.2, 0.25) is 0 Å². The van der Waals surface area contributed by atoms with Gasteiger partial charge in [-0.3, -0.25) is 9.90 Å². The van der Waals surface area contributed by atoms with E-state index in [2.05, 4.69) is 0 Å². The summed E-state index contributed by atoms with van der Waals surface area (Å²) in [5, 5.41) is 11.0. The van der Waals surface area contributed by atoms with Gasteiger partial charge in [0, 0.05) is 5.56 Å². The third kappa shape index (κ3) is 2.78. The molecule has 1 aromatic rings. The molecule has 69 valence electrons. The molecule has 0 aliphatic rings. The number of carbonyl (C=O) groups is 1. The Balaban J connectivity index is 2.68. The van der Waals surface area contributed by atoms with E-state index >= 15 is 0 Å². The van der Waals surface area contributed by atoms with Gasteiger partial charge in [-0.2, -0.15) is 0 Å². The van der Waals surface area contributed by atoms with Crippen LogP contribution in [-0.4, -0.2) is 12.4 Å². The van der Waals surface area contributed by atoms with E-state index < -0.39 is 0 Å². The largest absolute Gasteiger partial charge is 0.486 e. The van der Waals surface area contributed by atoms with Crippen LogP contribution in [0.3, 0.4) is 0 Å². The molecule has 1 radical (unpaired) electrons. The van der Waals surface area contributed by atoms with Gasteiger partial charge in [0.05, 0.1) is 0 Å². The summed E-state index contributed by atoms with van der Waals surface area (Å²) in [6, 6.07) is 4.63. The van der Waals surface area contributed by atoms with Crippen molar-refractivity contribution in [3.8, 4) is 11.5 Å². The van der Waals surface area contributed by atoms with Crippen molar-refractivity contribution >= 4 is 5.78 Å². The molecule has 0 N–H and O–H groups in total. The molecule has 0 aliphatic carbocycles. The average Bonchev–Trinajstić information content (AvgIpc) is 2.07. The molecular weight excluding hydrogens is 168 g/mol. The number of benzene rings is 1. The van der Waals surface area contributed by atoms with Gasteiger partial charge in [-0.05, 0) is 32.0 Å². The van der Waals surface area contributed by atoms with Crippen LogP contribution in [0.4, 0.5) is 0 Å². The summed E-state index contributed by atoms with van der Waals surface area (Å²) in [5.74, 6) is 0.506. The number of Topliss-reactive ketones (excluding diaryl/α,β-unsaturated/α-hetero) is 1. The molecule has 3 heteroatoms. The van der Waals surface area contributed by atoms with Crippen molar-refractivity contribution in [3.05, 3.63) is 23.8 Å². The van der Waals surface area contributed by atoms with Crippen LogP contribution in [0.5, 0.6) is 11.5 Å². The summed E-state index contributed by atoms with van der Waals surface area (Å²) in [4.78, 5) is 10.6. The SMILES string of the molecule is CC(=O)COc1ccc([O])c(C)c1. The van der Waals surface area contributed by atoms with E-state index in [9.17, 15) is 9.90 Å². The van der Waals surface area contributed by atoms with Gasteiger partial charge in [0.25, 0.3) is 0 Å². The summed E-state index contributed by atoms with van der Waals surface area (Å²) >= 11 is 0. The maximum Gasteiger partial charge on any atom is 0.181 e. The zero-order chi connectivity index (χ0) is 9.84. The molecule has 0 aromatic heterocycles. The molecular formula is C10H11O3. The number of ether oxygens (including phenoxy) is 1. The number of ketones is 1. The quantitative estimate of drug-likeness (QED) is 0.713. The molecule has 0 spiro atoms. The lowest BCUT2D eigenvalue weighted by Crippen LogP contribution is -2.06. The van der Waals surface area contributed by atoms with Gasteiger partial charge in [0.2, 0.25) is 0 Å². The Morgan fingerprint density at radius 1 is 1.46 bits per heavy atom. The summed E-state index contributed by atoms with van der Waals surface area (Å²) in [6.07, 6.45) is 0. The Kier molecular flexibility index (Phi) is 2.90. The lowest BCUT2D eigenvalue weighted by Gasteiger charge is -2.04. The second-order valence-electron chi connectivity index (χ2n) is 2.92. The van der Waals surface area contributed by atoms with Gasteiger partial charge in [0.1, 0.15) is 12.4 Å². The second kappa shape index (κ2) is 3.94. The Morgan fingerprint density at radius 2 is 2.15 bits per heavy atom. The van der Waals surface area contributed by atoms with Gasteiger partial charge in [-0.1, -0.05) is 0 Å². The minimum Gasteiger partial charge on any atom is -0.486 e. The van der Waals surface area contributed by atoms with Crippen molar-refractivity contribution in [2.75, 3.05) is 6.61 Å². The molecule has 0 atom stereocenters. The van der Waals surface area contributed by atoms with Crippen LogP contribution in [-0.2, 0) is 9.90 Å². The zero-order valence-electron chi connectivity index (χ0n) is 7.66. The average molecular weight is 179 g/mol. The van der Waals surface area contributed by atoms with Crippen molar-refractivity contribution in [2.24, 2.45) is 0 Å². The number of rotatable bonds is 3. The van der Waals surface area contributed by atoms with Gasteiger partial charge in [0.15, 0.2) is 11.5 Å². The lowest BCUT2D eigenvalue weighted by molar-refractivity contribution is -0.118. The molecule has 0 saturated heterocycles. The molecule has 0 heterocycles. The van der Waals surface area contributed by atoms with E-state index in [-0.39, 0.29) is 18.1 Å². The summed E-state index contributed by atoms with van der Waals surface area (Å²) in [5.41, 5.74) is 0.626. The third-order valence-corrected chi connectivity index (χ3v) is 1.59. The van der Waals surface area contributed by atoms with Gasteiger partial charge >= 0.3 is 0 Å². The van der Waals surface area contributed by atoms with E-state index in [4.69, 9.17) is 4.74 Å². The normalized spacial score (nSPS) is 9.69. The van der Waals surface area contributed by atoms with Crippen molar-refractivity contribution in [3.63, 3.8) is 0 Å². The molecule has 3 nitrogen and oxygen atoms in total. The molecule has 1 rings (SSSR count). The predicted molar refractivity (Wildman–Crippen MR) is 47.5 cm³/mol. The van der Waals surface area contributed by atoms with Crippen LogP contribution in [0, 0.1) is 6.92 Å². The molecule has 0 aliphatic heterocycles. The number of hydrogen-bond acceptors (Lipinski definition) is 2. The molecule has 13 heavy (non-hydrogen) atoms. The molecule has 0 fully saturated rings. The van der Waals surface area contributed by atoms with Crippen LogP contribution in [0.25, 0.3) is 0 Å². The van der Waals surface area contributed by atoms with E-state index in [1.54, 1.807) is 19.1 Å². The molecule has 0 saturated carbocycles. The first kappa shape index (κ1) is 9.58. The molecule has 0 unspecified atom stereocenters. The highest BCUT2D eigenvalue weighted by atomic mass is 16.5. The van der Waals surface area contributed by atoms with Crippen molar-refractivity contribution < 1.29 is 14.6 Å². The summed E-state index contributed by atoms with van der Waals surface area (Å²) in [6.45, 7) is 3.22. The first-order valence-electron chi connectivity index (χ1n) is 3.99. The topological polar surface area (TPSA) is 46.2 Å². The second-order valence-corrected chi connectivity index (χ2v) is 2.92. The monoisotopic (exact) mass is 179 g/mol. The van der Waals surface area contributed by atoms with Crippen molar-refractivity contribution in [1.82, 2.24) is 0 Å². The Morgan fingerprint density at radius 3 is 2.69 bits per heavy atom. The number of carbonyl (C=O) groups excluding carboxylic acids is 1. The third-order valence-electron chi connectivity index (χ3n) is 1.59. The maximum absolute atomic E-state index is 11.0. The van der Waals surface area contributed by atoms with Crippen LogP contribution in [0.1, 0.15) is 12.5 Å². The van der Waals surface area contributed by atoms with Crippen LogP contribution < -0.4 is 4.74 Å². The fraction of sp³-hybridized carbons (Fsp3) is 0.300. The Hall–Kier alpha value is -1.51. The van der Waals surface area contributed by atoms with Crippen LogP contribution in [0.15, 0.2) is 18.2 Å². The Bertz CT molecular complexity index is 318. The fourth-order valence-corrected chi connectivity index (χ4v) is 0.897. The van der Waals surface area contributed by atoms with E-state index in [1.807, 2.05) is 0 Å². The smallest absolute Gasteiger partial charge is 0.181 e. The fourth-order valence-electron chi connectivity index (χ4n) is 0.897. The van der Waals surface area contributed by atoms with Gasteiger partial charge in [-0.25, -0.2) is 0 Å². The minimum absolute atomic E-state index is 0.0184. The summed E-state index contributed by atoms with van der Waals surface area (Å²) < 4.78 is 5.11. The van der Waals surface area contributed by atoms with Crippen molar-refractivity contribution in [1.29, 1.82) is 0 Å². The van der Waals surface area contributed by atoms with E-state index in [0.29, 0.717) is 11.3 Å². The van der Waals surface area contributed by atoms with Crippen molar-refractivity contribution in [2.45, 2.75) is 13.8 Å². The predicted octanol–water partition coefficient (Wildman–Crippen LogP) is 2.11. The zero-order valence-corrected chi connectivity index (χ0v) is 7.66. The highest BCUT2D eigenvalue weighted by Crippen LogP contribution is 2.22. The minimum atomic E-state index is -0.0381. The van der Waals surface area contributed by atoms with E-state index in [0.717, 1.165) is 0 Å². The molecule has 1 aromatic carbocycles. The molecule has 0 bridgehead atoms. The highest BCUT2D eigenvalue weighted by Gasteiger charge is 2.01. The number of aryl methyl sites for hydroxylation is 1. The molecule has 0 amide bonds. The van der Waals surface area contributed by atoms with Gasteiger partial charge < -0.3 is 4.74 Å². The maximum atomic E-state index is 11.0. The first-order chi connectivity index (χ1) is 6.09. The number of hydrogen-bond donors (Lipinski definition) is 0. The van der Waals surface area contributed by atoms with Gasteiger partial charge in [-0.15, -0.1) is 0 Å². The lowest BCUT2D eigenvalue weighted by atomic mass is 10.2. The Labute approximate surface area is 77.0 Å². The summed E-state index contributed by atoms with van der Waals surface area (Å²) in [7, 11) is 0. The highest BCUT2D eigenvalue weighted by molar-refractivity contribution is 5.77. The van der Waals surface area contributed by atoms with E-state index in [1.165, 1.54) is 13.0 Å². The van der Waals surface area contributed by atoms with Crippen LogP contribution >= 0.6 is 0 Å².